The zero-order valence-electron chi connectivity index (χ0n) is 16.2. The summed E-state index contributed by atoms with van der Waals surface area (Å²) in [6.45, 7) is 5.67. The van der Waals surface area contributed by atoms with Crippen LogP contribution in [0.25, 0.3) is 10.9 Å². The van der Waals surface area contributed by atoms with Crippen LogP contribution in [0.1, 0.15) is 41.9 Å². The lowest BCUT2D eigenvalue weighted by Gasteiger charge is -2.28. The first-order valence-corrected chi connectivity index (χ1v) is 10.6. The van der Waals surface area contributed by atoms with E-state index < -0.39 is 21.7 Å². The number of fused-ring (bicyclic) bond motifs is 3. The van der Waals surface area contributed by atoms with Crippen molar-refractivity contribution in [1.82, 2.24) is 4.98 Å². The molecule has 0 unspecified atom stereocenters. The van der Waals surface area contributed by atoms with Gasteiger partial charge in [0.25, 0.3) is 10.0 Å². The highest BCUT2D eigenvalue weighted by Gasteiger charge is 2.34. The monoisotopic (exact) mass is 418 g/mol. The molecule has 2 aromatic carbocycles. The summed E-state index contributed by atoms with van der Waals surface area (Å²) < 4.78 is 54.5. The number of carbonyl (C=O) groups is 1. The van der Waals surface area contributed by atoms with E-state index >= 15 is 0 Å². The molecule has 1 heterocycles. The lowest BCUT2D eigenvalue weighted by molar-refractivity contribution is 0.0913. The molecular formula is C21H20F2N2O3S. The number of aromatic nitrogens is 1. The second-order valence-corrected chi connectivity index (χ2v) is 9.97. The van der Waals surface area contributed by atoms with Crippen molar-refractivity contribution in [3.8, 4) is 0 Å². The van der Waals surface area contributed by atoms with Gasteiger partial charge in [-0.05, 0) is 48.6 Å². The third-order valence-corrected chi connectivity index (χ3v) is 6.73. The number of benzene rings is 2. The van der Waals surface area contributed by atoms with E-state index in [4.69, 9.17) is 0 Å². The molecule has 3 aromatic rings. The van der Waals surface area contributed by atoms with Gasteiger partial charge in [0.15, 0.2) is 17.4 Å². The van der Waals surface area contributed by atoms with Crippen molar-refractivity contribution in [2.24, 2.45) is 5.41 Å². The minimum atomic E-state index is -4.05. The molecule has 0 bridgehead atoms. The molecule has 5 nitrogen and oxygen atoms in total. The van der Waals surface area contributed by atoms with Gasteiger partial charge in [-0.15, -0.1) is 0 Å². The fourth-order valence-corrected chi connectivity index (χ4v) is 5.26. The van der Waals surface area contributed by atoms with Crippen LogP contribution in [0.4, 0.5) is 14.5 Å². The first-order valence-electron chi connectivity index (χ1n) is 9.13. The van der Waals surface area contributed by atoms with E-state index in [-0.39, 0.29) is 21.8 Å². The van der Waals surface area contributed by atoms with Gasteiger partial charge in [0.1, 0.15) is 0 Å². The van der Waals surface area contributed by atoms with Crippen LogP contribution in [-0.4, -0.2) is 19.2 Å². The lowest BCUT2D eigenvalue weighted by atomic mass is 9.76. The van der Waals surface area contributed by atoms with Crippen molar-refractivity contribution >= 4 is 32.4 Å². The first-order chi connectivity index (χ1) is 13.5. The largest absolute Gasteiger partial charge is 0.358 e. The predicted octanol–water partition coefficient (Wildman–Crippen LogP) is 4.71. The number of anilines is 1. The van der Waals surface area contributed by atoms with E-state index in [1.54, 1.807) is 13.0 Å². The van der Waals surface area contributed by atoms with Crippen LogP contribution in [0.15, 0.2) is 35.2 Å². The van der Waals surface area contributed by atoms with E-state index in [1.165, 1.54) is 6.07 Å². The van der Waals surface area contributed by atoms with Crippen molar-refractivity contribution in [2.75, 3.05) is 4.72 Å². The highest BCUT2D eigenvalue weighted by molar-refractivity contribution is 7.92. The van der Waals surface area contributed by atoms with Crippen molar-refractivity contribution in [2.45, 2.75) is 38.5 Å². The molecule has 1 aromatic heterocycles. The third kappa shape index (κ3) is 3.42. The van der Waals surface area contributed by atoms with Crippen LogP contribution in [0.3, 0.4) is 0 Å². The summed E-state index contributed by atoms with van der Waals surface area (Å²) in [5.41, 5.74) is 2.20. The van der Waals surface area contributed by atoms with E-state index in [0.29, 0.717) is 34.9 Å². The number of aromatic amines is 1. The molecule has 0 aliphatic heterocycles. The highest BCUT2D eigenvalue weighted by Crippen LogP contribution is 2.39. The molecule has 0 spiro atoms. The summed E-state index contributed by atoms with van der Waals surface area (Å²) in [6, 6.07) is 5.95. The van der Waals surface area contributed by atoms with Crippen LogP contribution in [0, 0.1) is 24.0 Å². The topological polar surface area (TPSA) is 79.0 Å². The van der Waals surface area contributed by atoms with E-state index in [9.17, 15) is 22.0 Å². The van der Waals surface area contributed by atoms with Gasteiger partial charge in [-0.1, -0.05) is 13.8 Å². The van der Waals surface area contributed by atoms with Gasteiger partial charge in [-0.25, -0.2) is 17.2 Å². The maximum absolute atomic E-state index is 13.4. The summed E-state index contributed by atoms with van der Waals surface area (Å²) in [5, 5.41) is 0.699. The SMILES string of the molecule is Cc1cc2c3c([nH]c2cc1S(=O)(=O)Nc1ccc(F)c(F)c1)CC(C)(C)CC3=O. The Hall–Kier alpha value is -2.74. The number of halogens is 2. The van der Waals surface area contributed by atoms with Gasteiger partial charge >= 0.3 is 0 Å². The molecule has 4 rings (SSSR count). The molecule has 8 heteroatoms. The van der Waals surface area contributed by atoms with Gasteiger partial charge < -0.3 is 4.98 Å². The summed E-state index contributed by atoms with van der Waals surface area (Å²) in [4.78, 5) is 15.9. The van der Waals surface area contributed by atoms with E-state index in [2.05, 4.69) is 9.71 Å². The van der Waals surface area contributed by atoms with Crippen molar-refractivity contribution < 1.29 is 22.0 Å². The fourth-order valence-electron chi connectivity index (χ4n) is 3.96. The van der Waals surface area contributed by atoms with Crippen molar-refractivity contribution in [3.05, 3.63) is 58.8 Å². The minimum absolute atomic E-state index is 0.0000364. The van der Waals surface area contributed by atoms with Crippen LogP contribution < -0.4 is 4.72 Å². The standard InChI is InChI=1S/C21H20F2N2O3S/c1-11-6-13-16(24-17-9-21(2,3)10-18(26)20(13)17)8-19(11)29(27,28)25-12-4-5-14(22)15(23)7-12/h4-8,24-25H,9-10H2,1-3H3. The highest BCUT2D eigenvalue weighted by atomic mass is 32.2. The number of hydrogen-bond donors (Lipinski definition) is 2. The quantitative estimate of drug-likeness (QED) is 0.647. The molecular weight excluding hydrogens is 398 g/mol. The van der Waals surface area contributed by atoms with Crippen LogP contribution >= 0.6 is 0 Å². The molecule has 1 aliphatic carbocycles. The average Bonchev–Trinajstić information content (AvgIpc) is 2.93. The number of rotatable bonds is 3. The summed E-state index contributed by atoms with van der Waals surface area (Å²) in [5.74, 6) is -2.16. The average molecular weight is 418 g/mol. The molecule has 0 saturated carbocycles. The first kappa shape index (κ1) is 19.6. The van der Waals surface area contributed by atoms with Gasteiger partial charge in [-0.3, -0.25) is 9.52 Å². The summed E-state index contributed by atoms with van der Waals surface area (Å²) in [7, 11) is -4.05. The smallest absolute Gasteiger partial charge is 0.262 e. The molecule has 0 saturated heterocycles. The molecule has 29 heavy (non-hydrogen) atoms. The molecule has 0 fully saturated rings. The zero-order chi connectivity index (χ0) is 21.1. The Morgan fingerprint density at radius 2 is 1.79 bits per heavy atom. The normalized spacial score (nSPS) is 16.1. The van der Waals surface area contributed by atoms with Crippen molar-refractivity contribution in [3.63, 3.8) is 0 Å². The van der Waals surface area contributed by atoms with Crippen LogP contribution in [0.2, 0.25) is 0 Å². The number of H-pyrrole nitrogens is 1. The molecule has 152 valence electrons. The number of sulfonamides is 1. The Labute approximate surface area is 167 Å². The number of Topliss-reactive ketones (excluding diaryl/α,β-unsaturated/α-hetero) is 1. The molecule has 1 aliphatic rings. The lowest BCUT2D eigenvalue weighted by Crippen LogP contribution is -2.26. The predicted molar refractivity (Wildman–Crippen MR) is 107 cm³/mol. The summed E-state index contributed by atoms with van der Waals surface area (Å²) in [6.07, 6.45) is 1.13. The van der Waals surface area contributed by atoms with E-state index in [0.717, 1.165) is 23.9 Å². The van der Waals surface area contributed by atoms with Gasteiger partial charge in [0.05, 0.1) is 10.6 Å². The number of nitrogens with one attached hydrogen (secondary N) is 2. The molecule has 0 atom stereocenters. The Balaban J connectivity index is 1.79. The van der Waals surface area contributed by atoms with Gasteiger partial charge in [-0.2, -0.15) is 0 Å². The maximum atomic E-state index is 13.4. The number of hydrogen-bond acceptors (Lipinski definition) is 3. The minimum Gasteiger partial charge on any atom is -0.358 e. The third-order valence-electron chi connectivity index (χ3n) is 5.21. The van der Waals surface area contributed by atoms with Crippen molar-refractivity contribution in [1.29, 1.82) is 0 Å². The Kier molecular flexibility index (Phi) is 4.31. The van der Waals surface area contributed by atoms with Crippen LogP contribution in [0.5, 0.6) is 0 Å². The Morgan fingerprint density at radius 3 is 2.48 bits per heavy atom. The Morgan fingerprint density at radius 1 is 1.07 bits per heavy atom. The number of aryl methyl sites for hydroxylation is 1. The van der Waals surface area contributed by atoms with Gasteiger partial charge in [0, 0.05) is 34.6 Å². The summed E-state index contributed by atoms with van der Waals surface area (Å²) >= 11 is 0. The zero-order valence-corrected chi connectivity index (χ0v) is 17.0. The number of carbonyl (C=O) groups excluding carboxylic acids is 1. The van der Waals surface area contributed by atoms with E-state index in [1.807, 2.05) is 13.8 Å². The molecule has 0 radical (unpaired) electrons. The van der Waals surface area contributed by atoms with Crippen LogP contribution in [-0.2, 0) is 16.4 Å². The molecule has 0 amide bonds. The Bertz CT molecular complexity index is 1280. The fraction of sp³-hybridized carbons (Fsp3) is 0.286. The maximum Gasteiger partial charge on any atom is 0.262 e. The number of ketones is 1. The molecule has 2 N–H and O–H groups in total. The second-order valence-electron chi connectivity index (χ2n) is 8.32. The second kappa shape index (κ2) is 6.38. The van der Waals surface area contributed by atoms with Gasteiger partial charge in [0.2, 0.25) is 0 Å².